The van der Waals surface area contributed by atoms with E-state index in [1.54, 1.807) is 28.9 Å². The minimum atomic E-state index is -0.937. The molecule has 0 unspecified atom stereocenters. The number of fused-ring (bicyclic) bond motifs is 1. The van der Waals surface area contributed by atoms with Crippen molar-refractivity contribution in [2.24, 2.45) is 0 Å². The van der Waals surface area contributed by atoms with E-state index in [0.29, 0.717) is 12.2 Å². The molecule has 2 aromatic heterocycles. The molecule has 0 aliphatic carbocycles. The molecule has 0 fully saturated rings. The first-order chi connectivity index (χ1) is 9.75. The third-order valence-electron chi connectivity index (χ3n) is 3.13. The Bertz CT molecular complexity index is 764. The molecule has 0 saturated heterocycles. The zero-order chi connectivity index (χ0) is 13.9. The highest BCUT2D eigenvalue weighted by Gasteiger charge is 2.09. The highest BCUT2D eigenvalue weighted by atomic mass is 16.4. The quantitative estimate of drug-likeness (QED) is 0.762. The van der Waals surface area contributed by atoms with Gasteiger partial charge in [-0.05, 0) is 24.3 Å². The van der Waals surface area contributed by atoms with Crippen LogP contribution in [0, 0.1) is 0 Å². The van der Waals surface area contributed by atoms with Crippen LogP contribution in [0.5, 0.6) is 0 Å². The maximum Gasteiger partial charge on any atom is 0.337 e. The zero-order valence-corrected chi connectivity index (χ0v) is 10.7. The minimum Gasteiger partial charge on any atom is -0.478 e. The van der Waals surface area contributed by atoms with Gasteiger partial charge < -0.3 is 10.4 Å². The molecule has 0 spiro atoms. The fourth-order valence-corrected chi connectivity index (χ4v) is 2.14. The van der Waals surface area contributed by atoms with E-state index in [-0.39, 0.29) is 5.56 Å². The van der Waals surface area contributed by atoms with Gasteiger partial charge in [0.15, 0.2) is 0 Å². The van der Waals surface area contributed by atoms with Crippen LogP contribution >= 0.6 is 0 Å². The van der Waals surface area contributed by atoms with E-state index < -0.39 is 5.97 Å². The smallest absolute Gasteiger partial charge is 0.337 e. The van der Waals surface area contributed by atoms with E-state index in [2.05, 4.69) is 10.4 Å². The second-order valence-corrected chi connectivity index (χ2v) is 4.40. The summed E-state index contributed by atoms with van der Waals surface area (Å²) in [6, 6.07) is 12.7. The van der Waals surface area contributed by atoms with Gasteiger partial charge in [-0.25, -0.2) is 9.31 Å². The minimum absolute atomic E-state index is 0.268. The molecule has 0 amide bonds. The highest BCUT2D eigenvalue weighted by Crippen LogP contribution is 2.17. The van der Waals surface area contributed by atoms with Gasteiger partial charge in [-0.15, -0.1) is 0 Å². The monoisotopic (exact) mass is 267 g/mol. The largest absolute Gasteiger partial charge is 0.478 e. The molecule has 0 aliphatic rings. The van der Waals surface area contributed by atoms with Crippen molar-refractivity contribution in [3.05, 3.63) is 66.0 Å². The topological polar surface area (TPSA) is 66.6 Å². The molecular weight excluding hydrogens is 254 g/mol. The van der Waals surface area contributed by atoms with Crippen LogP contribution in [0.2, 0.25) is 0 Å². The van der Waals surface area contributed by atoms with Crippen molar-refractivity contribution in [3.8, 4) is 0 Å². The average Bonchev–Trinajstić information content (AvgIpc) is 2.88. The molecule has 100 valence electrons. The van der Waals surface area contributed by atoms with Crippen molar-refractivity contribution in [1.82, 2.24) is 9.61 Å². The van der Waals surface area contributed by atoms with Gasteiger partial charge in [-0.1, -0.05) is 18.2 Å². The number of hydrogen-bond acceptors (Lipinski definition) is 3. The molecule has 0 aliphatic heterocycles. The summed E-state index contributed by atoms with van der Waals surface area (Å²) in [5.41, 5.74) is 2.90. The van der Waals surface area contributed by atoms with Gasteiger partial charge in [0, 0.05) is 24.0 Å². The molecule has 5 heteroatoms. The lowest BCUT2D eigenvalue weighted by Gasteiger charge is -2.08. The number of nitrogens with one attached hydrogen (secondary N) is 1. The predicted octanol–water partition coefficient (Wildman–Crippen LogP) is 2.64. The number of aromatic nitrogens is 2. The molecule has 0 atom stereocenters. The van der Waals surface area contributed by atoms with Crippen molar-refractivity contribution in [3.63, 3.8) is 0 Å². The molecule has 5 nitrogen and oxygen atoms in total. The molecular formula is C15H13N3O2. The SMILES string of the molecule is O=C(O)c1ccccc1NCc1cnn2ccccc12. The molecule has 0 bridgehead atoms. The Morgan fingerprint density at radius 3 is 2.85 bits per heavy atom. The standard InChI is InChI=1S/C15H13N3O2/c19-15(20)12-5-1-2-6-13(12)16-9-11-10-17-18-8-4-3-7-14(11)18/h1-8,10,16H,9H2,(H,19,20). The number of nitrogens with zero attached hydrogens (tertiary/aromatic N) is 2. The van der Waals surface area contributed by atoms with E-state index in [0.717, 1.165) is 11.1 Å². The average molecular weight is 267 g/mol. The summed E-state index contributed by atoms with van der Waals surface area (Å²) in [5.74, 6) is -0.937. The second kappa shape index (κ2) is 5.05. The maximum atomic E-state index is 11.1. The van der Waals surface area contributed by atoms with Crippen molar-refractivity contribution < 1.29 is 9.90 Å². The van der Waals surface area contributed by atoms with Crippen LogP contribution in [0.15, 0.2) is 54.9 Å². The number of carbonyl (C=O) groups is 1. The van der Waals surface area contributed by atoms with Crippen molar-refractivity contribution in [2.45, 2.75) is 6.54 Å². The van der Waals surface area contributed by atoms with Crippen LogP contribution in [-0.2, 0) is 6.54 Å². The Morgan fingerprint density at radius 1 is 1.20 bits per heavy atom. The Labute approximate surface area is 115 Å². The first kappa shape index (κ1) is 12.2. The molecule has 2 heterocycles. The van der Waals surface area contributed by atoms with Gasteiger partial charge in [0.05, 0.1) is 17.3 Å². The van der Waals surface area contributed by atoms with Gasteiger partial charge >= 0.3 is 5.97 Å². The predicted molar refractivity (Wildman–Crippen MR) is 75.9 cm³/mol. The molecule has 3 aromatic rings. The lowest BCUT2D eigenvalue weighted by molar-refractivity contribution is 0.0698. The van der Waals surface area contributed by atoms with Crippen LogP contribution < -0.4 is 5.32 Å². The normalized spacial score (nSPS) is 10.6. The van der Waals surface area contributed by atoms with Crippen molar-refractivity contribution in [1.29, 1.82) is 0 Å². The van der Waals surface area contributed by atoms with Gasteiger partial charge in [0.1, 0.15) is 0 Å². The Kier molecular flexibility index (Phi) is 3.09. The Balaban J connectivity index is 1.85. The summed E-state index contributed by atoms with van der Waals surface area (Å²) >= 11 is 0. The Hall–Kier alpha value is -2.82. The van der Waals surface area contributed by atoms with Crippen LogP contribution in [0.1, 0.15) is 15.9 Å². The van der Waals surface area contributed by atoms with E-state index in [1.165, 1.54) is 0 Å². The number of hydrogen-bond donors (Lipinski definition) is 2. The number of aromatic carboxylic acids is 1. The first-order valence-electron chi connectivity index (χ1n) is 6.23. The van der Waals surface area contributed by atoms with Gasteiger partial charge in [0.25, 0.3) is 0 Å². The van der Waals surface area contributed by atoms with E-state index in [4.69, 9.17) is 5.11 Å². The third-order valence-corrected chi connectivity index (χ3v) is 3.13. The third kappa shape index (κ3) is 2.21. The number of para-hydroxylation sites is 1. The van der Waals surface area contributed by atoms with E-state index in [1.807, 2.05) is 30.5 Å². The number of carboxylic acid groups (broad SMARTS) is 1. The highest BCUT2D eigenvalue weighted by molar-refractivity contribution is 5.94. The van der Waals surface area contributed by atoms with Gasteiger partial charge in [-0.2, -0.15) is 5.10 Å². The molecule has 3 rings (SSSR count). The fraction of sp³-hybridized carbons (Fsp3) is 0.0667. The van der Waals surface area contributed by atoms with Gasteiger partial charge in [0.2, 0.25) is 0 Å². The zero-order valence-electron chi connectivity index (χ0n) is 10.7. The lowest BCUT2D eigenvalue weighted by atomic mass is 10.1. The van der Waals surface area contributed by atoms with Crippen LogP contribution in [-0.4, -0.2) is 20.7 Å². The van der Waals surface area contributed by atoms with Crippen molar-refractivity contribution in [2.75, 3.05) is 5.32 Å². The van der Waals surface area contributed by atoms with E-state index >= 15 is 0 Å². The fourth-order valence-electron chi connectivity index (χ4n) is 2.14. The van der Waals surface area contributed by atoms with Crippen LogP contribution in [0.4, 0.5) is 5.69 Å². The molecule has 20 heavy (non-hydrogen) atoms. The summed E-state index contributed by atoms with van der Waals surface area (Å²) < 4.78 is 1.79. The van der Waals surface area contributed by atoms with Crippen molar-refractivity contribution >= 4 is 17.2 Å². The first-order valence-corrected chi connectivity index (χ1v) is 6.23. The van der Waals surface area contributed by atoms with Crippen LogP contribution in [0.25, 0.3) is 5.52 Å². The van der Waals surface area contributed by atoms with Crippen LogP contribution in [0.3, 0.4) is 0 Å². The molecule has 2 N–H and O–H groups in total. The molecule has 1 aromatic carbocycles. The number of benzene rings is 1. The summed E-state index contributed by atoms with van der Waals surface area (Å²) in [7, 11) is 0. The summed E-state index contributed by atoms with van der Waals surface area (Å²) in [5, 5.41) is 16.5. The number of rotatable bonds is 4. The summed E-state index contributed by atoms with van der Waals surface area (Å²) in [6.45, 7) is 0.526. The van der Waals surface area contributed by atoms with E-state index in [9.17, 15) is 4.79 Å². The number of carboxylic acids is 1. The van der Waals surface area contributed by atoms with Gasteiger partial charge in [-0.3, -0.25) is 0 Å². The lowest BCUT2D eigenvalue weighted by Crippen LogP contribution is -2.06. The molecule has 0 saturated carbocycles. The summed E-state index contributed by atoms with van der Waals surface area (Å²) in [4.78, 5) is 11.1. The second-order valence-electron chi connectivity index (χ2n) is 4.40. The number of anilines is 1. The molecule has 0 radical (unpaired) electrons. The summed E-state index contributed by atoms with van der Waals surface area (Å²) in [6.07, 6.45) is 3.66. The number of pyridine rings is 1. The maximum absolute atomic E-state index is 11.1. The Morgan fingerprint density at radius 2 is 2.00 bits per heavy atom.